The summed E-state index contributed by atoms with van der Waals surface area (Å²) in [6.45, 7) is 5.72. The third kappa shape index (κ3) is 3.03. The van der Waals surface area contributed by atoms with Gasteiger partial charge in [-0.1, -0.05) is 23.8 Å². The van der Waals surface area contributed by atoms with E-state index in [-0.39, 0.29) is 12.3 Å². The fraction of sp³-hybridized carbons (Fsp3) is 0.250. The van der Waals surface area contributed by atoms with Gasteiger partial charge in [0.05, 0.1) is 0 Å². The summed E-state index contributed by atoms with van der Waals surface area (Å²) in [4.78, 5) is 16.4. The van der Waals surface area contributed by atoms with Crippen molar-refractivity contribution in [1.82, 2.24) is 4.98 Å². The van der Waals surface area contributed by atoms with Gasteiger partial charge in [0.2, 0.25) is 0 Å². The molecule has 0 atom stereocenters. The monoisotopic (exact) mass is 270 g/mol. The number of aromatic nitrogens is 1. The van der Waals surface area contributed by atoms with Gasteiger partial charge in [-0.25, -0.2) is 10.0 Å². The van der Waals surface area contributed by atoms with Crippen LogP contribution in [0.1, 0.15) is 27.0 Å². The third-order valence-corrected chi connectivity index (χ3v) is 3.16. The van der Waals surface area contributed by atoms with Crippen molar-refractivity contribution in [3.63, 3.8) is 0 Å². The van der Waals surface area contributed by atoms with Gasteiger partial charge < -0.3 is 0 Å². The van der Waals surface area contributed by atoms with Crippen molar-refractivity contribution in [2.75, 3.05) is 11.6 Å². The highest BCUT2D eigenvalue weighted by Gasteiger charge is 2.16. The summed E-state index contributed by atoms with van der Waals surface area (Å²) >= 11 is 0. The summed E-state index contributed by atoms with van der Waals surface area (Å²) in [5.41, 5.74) is 3.66. The van der Waals surface area contributed by atoms with Gasteiger partial charge >= 0.3 is 0 Å². The normalized spacial score (nSPS) is 10.4. The lowest BCUT2D eigenvalue weighted by atomic mass is 9.96. The van der Waals surface area contributed by atoms with Crippen molar-refractivity contribution in [2.45, 2.75) is 20.8 Å². The first-order chi connectivity index (χ1) is 9.49. The number of carbonyl (C=O) groups excluding carboxylic acids is 1. The molecule has 104 valence electrons. The van der Waals surface area contributed by atoms with Gasteiger partial charge in [-0.3, -0.25) is 10.0 Å². The number of hydrogen-bond acceptors (Lipinski definition) is 4. The molecule has 0 spiro atoms. The first-order valence-electron chi connectivity index (χ1n) is 6.47. The second kappa shape index (κ2) is 5.84. The fourth-order valence-corrected chi connectivity index (χ4v) is 2.42. The van der Waals surface area contributed by atoms with Crippen LogP contribution in [-0.2, 0) is 0 Å². The first kappa shape index (κ1) is 14.2. The Kier molecular flexibility index (Phi) is 4.15. The van der Waals surface area contributed by atoms with E-state index >= 15 is 0 Å². The number of pyridine rings is 1. The second-order valence-electron chi connectivity index (χ2n) is 4.94. The Morgan fingerprint density at radius 2 is 1.85 bits per heavy atom. The molecule has 1 N–H and O–H groups in total. The summed E-state index contributed by atoms with van der Waals surface area (Å²) < 4.78 is 0. The maximum absolute atomic E-state index is 12.4. The topological polar surface area (TPSA) is 53.4 Å². The van der Waals surface area contributed by atoms with Crippen molar-refractivity contribution < 1.29 is 10.0 Å². The number of hydroxylamine groups is 1. The van der Waals surface area contributed by atoms with Crippen LogP contribution in [-0.4, -0.2) is 22.5 Å². The van der Waals surface area contributed by atoms with Crippen molar-refractivity contribution in [3.05, 3.63) is 58.8 Å². The Morgan fingerprint density at radius 1 is 1.20 bits per heavy atom. The Morgan fingerprint density at radius 3 is 2.40 bits per heavy atom. The van der Waals surface area contributed by atoms with Crippen LogP contribution in [0.5, 0.6) is 0 Å². The number of ketones is 1. The third-order valence-electron chi connectivity index (χ3n) is 3.16. The molecular formula is C16H18N2O2. The molecule has 0 fully saturated rings. The lowest BCUT2D eigenvalue weighted by Gasteiger charge is -2.16. The zero-order chi connectivity index (χ0) is 14.7. The van der Waals surface area contributed by atoms with Crippen LogP contribution in [0.15, 0.2) is 36.5 Å². The van der Waals surface area contributed by atoms with Crippen LogP contribution in [0, 0.1) is 20.8 Å². The Bertz CT molecular complexity index is 601. The van der Waals surface area contributed by atoms with Crippen molar-refractivity contribution >= 4 is 11.6 Å². The predicted octanol–water partition coefficient (Wildman–Crippen LogP) is 3.09. The van der Waals surface area contributed by atoms with Gasteiger partial charge in [-0.2, -0.15) is 0 Å². The van der Waals surface area contributed by atoms with E-state index in [0.29, 0.717) is 11.4 Å². The number of anilines is 1. The molecule has 4 nitrogen and oxygen atoms in total. The predicted molar refractivity (Wildman–Crippen MR) is 78.4 cm³/mol. The minimum absolute atomic E-state index is 0.109. The maximum Gasteiger partial charge on any atom is 0.185 e. The maximum atomic E-state index is 12.4. The van der Waals surface area contributed by atoms with E-state index in [2.05, 4.69) is 4.98 Å². The Labute approximate surface area is 118 Å². The number of carbonyl (C=O) groups is 1. The smallest absolute Gasteiger partial charge is 0.185 e. The fourth-order valence-electron chi connectivity index (χ4n) is 2.42. The van der Waals surface area contributed by atoms with Crippen LogP contribution in [0.2, 0.25) is 0 Å². The van der Waals surface area contributed by atoms with Gasteiger partial charge in [-0.15, -0.1) is 0 Å². The van der Waals surface area contributed by atoms with Crippen molar-refractivity contribution in [3.8, 4) is 0 Å². The molecular weight excluding hydrogens is 252 g/mol. The van der Waals surface area contributed by atoms with E-state index in [4.69, 9.17) is 0 Å². The molecule has 20 heavy (non-hydrogen) atoms. The first-order valence-corrected chi connectivity index (χ1v) is 6.47. The van der Waals surface area contributed by atoms with Crippen LogP contribution >= 0.6 is 0 Å². The minimum atomic E-state index is -0.117. The molecule has 1 heterocycles. The van der Waals surface area contributed by atoms with Crippen LogP contribution in [0.4, 0.5) is 5.82 Å². The van der Waals surface area contributed by atoms with E-state index in [9.17, 15) is 10.0 Å². The average Bonchev–Trinajstić information content (AvgIpc) is 2.38. The zero-order valence-corrected chi connectivity index (χ0v) is 11.9. The van der Waals surface area contributed by atoms with E-state index in [0.717, 1.165) is 21.8 Å². The molecule has 0 unspecified atom stereocenters. The molecule has 2 rings (SSSR count). The molecule has 0 aliphatic rings. The average molecular weight is 270 g/mol. The summed E-state index contributed by atoms with van der Waals surface area (Å²) in [6.07, 6.45) is 1.57. The summed E-state index contributed by atoms with van der Waals surface area (Å²) in [6, 6.07) is 9.12. The summed E-state index contributed by atoms with van der Waals surface area (Å²) in [7, 11) is 0. The molecule has 0 aliphatic carbocycles. The van der Waals surface area contributed by atoms with Crippen molar-refractivity contribution in [1.29, 1.82) is 0 Å². The van der Waals surface area contributed by atoms with Gasteiger partial charge in [0.25, 0.3) is 0 Å². The Hall–Kier alpha value is -2.20. The highest BCUT2D eigenvalue weighted by molar-refractivity contribution is 6.01. The lowest BCUT2D eigenvalue weighted by molar-refractivity contribution is 0.0964. The molecule has 4 heteroatoms. The van der Waals surface area contributed by atoms with Gasteiger partial charge in [0, 0.05) is 11.8 Å². The molecule has 0 amide bonds. The van der Waals surface area contributed by atoms with E-state index in [1.54, 1.807) is 24.4 Å². The second-order valence-corrected chi connectivity index (χ2v) is 4.94. The van der Waals surface area contributed by atoms with Gasteiger partial charge in [0.15, 0.2) is 11.6 Å². The summed E-state index contributed by atoms with van der Waals surface area (Å²) in [5, 5.41) is 10.8. The standard InChI is InChI=1S/C16H18N2O2/c1-11-8-12(2)16(13(3)9-11)14(19)10-18(20)15-6-4-5-7-17-15/h4-9,20H,10H2,1-3H3. The zero-order valence-electron chi connectivity index (χ0n) is 11.9. The molecule has 0 saturated carbocycles. The lowest BCUT2D eigenvalue weighted by Crippen LogP contribution is -2.27. The van der Waals surface area contributed by atoms with Crippen LogP contribution in [0.25, 0.3) is 0 Å². The largest absolute Gasteiger partial charge is 0.292 e. The van der Waals surface area contributed by atoms with Gasteiger partial charge in [-0.05, 0) is 44.0 Å². The van der Waals surface area contributed by atoms with E-state index in [1.165, 1.54) is 0 Å². The highest BCUT2D eigenvalue weighted by atomic mass is 16.5. The van der Waals surface area contributed by atoms with E-state index in [1.807, 2.05) is 32.9 Å². The van der Waals surface area contributed by atoms with Crippen LogP contribution < -0.4 is 5.06 Å². The molecule has 0 radical (unpaired) electrons. The number of benzene rings is 1. The minimum Gasteiger partial charge on any atom is -0.292 e. The molecule has 1 aromatic carbocycles. The number of Topliss-reactive ketones (excluding diaryl/α,β-unsaturated/α-hetero) is 1. The highest BCUT2D eigenvalue weighted by Crippen LogP contribution is 2.18. The molecule has 0 bridgehead atoms. The molecule has 1 aromatic heterocycles. The summed E-state index contributed by atoms with van der Waals surface area (Å²) in [5.74, 6) is 0.247. The van der Waals surface area contributed by atoms with E-state index < -0.39 is 0 Å². The number of rotatable bonds is 4. The molecule has 2 aromatic rings. The SMILES string of the molecule is Cc1cc(C)c(C(=O)CN(O)c2ccccn2)c(C)c1. The molecule has 0 aliphatic heterocycles. The van der Waals surface area contributed by atoms with Crippen LogP contribution in [0.3, 0.4) is 0 Å². The molecule has 0 saturated heterocycles. The van der Waals surface area contributed by atoms with Crippen molar-refractivity contribution in [2.24, 2.45) is 0 Å². The number of aryl methyl sites for hydroxylation is 3. The number of hydrogen-bond donors (Lipinski definition) is 1. The van der Waals surface area contributed by atoms with Gasteiger partial charge in [0.1, 0.15) is 6.54 Å². The number of nitrogens with zero attached hydrogens (tertiary/aromatic N) is 2. The quantitative estimate of drug-likeness (QED) is 0.685. The Balaban J connectivity index is 2.21.